The number of piperidine rings is 1. The van der Waals surface area contributed by atoms with Crippen molar-refractivity contribution in [2.24, 2.45) is 17.1 Å². The van der Waals surface area contributed by atoms with Crippen molar-refractivity contribution in [2.45, 2.75) is 51.4 Å². The topological polar surface area (TPSA) is 58.8 Å². The molecule has 0 saturated carbocycles. The van der Waals surface area contributed by atoms with Crippen LogP contribution >= 0.6 is 24.8 Å². The molecule has 3 heterocycles. The van der Waals surface area contributed by atoms with Crippen molar-refractivity contribution >= 4 is 30.7 Å². The summed E-state index contributed by atoms with van der Waals surface area (Å²) >= 11 is 0. The van der Waals surface area contributed by atoms with Crippen LogP contribution in [0.25, 0.3) is 0 Å². The second kappa shape index (κ2) is 11.7. The molecule has 0 bridgehead atoms. The van der Waals surface area contributed by atoms with Crippen LogP contribution in [0, 0.1) is 11.3 Å². The lowest BCUT2D eigenvalue weighted by Crippen LogP contribution is -2.54. The minimum Gasteiger partial charge on any atom is -0.381 e. The van der Waals surface area contributed by atoms with Gasteiger partial charge in [-0.25, -0.2) is 0 Å². The number of ether oxygens (including phenoxy) is 1. The normalized spacial score (nSPS) is 27.0. The quantitative estimate of drug-likeness (QED) is 0.774. The molecular formula is C19H37Cl2N3O2. The Kier molecular flexibility index (Phi) is 10.8. The Bertz CT molecular complexity index is 412. The molecule has 2 N–H and O–H groups in total. The summed E-state index contributed by atoms with van der Waals surface area (Å²) in [5.74, 6) is 0.935. The molecule has 5 nitrogen and oxygen atoms in total. The number of hydrogen-bond acceptors (Lipinski definition) is 4. The first-order valence-corrected chi connectivity index (χ1v) is 10.0. The molecule has 0 aliphatic carbocycles. The monoisotopic (exact) mass is 409 g/mol. The van der Waals surface area contributed by atoms with E-state index in [4.69, 9.17) is 10.5 Å². The van der Waals surface area contributed by atoms with E-state index in [2.05, 4.69) is 9.80 Å². The average Bonchev–Trinajstić information content (AvgIpc) is 2.90. The van der Waals surface area contributed by atoms with E-state index in [1.165, 1.54) is 51.7 Å². The number of carbonyl (C=O) groups is 1. The van der Waals surface area contributed by atoms with Crippen molar-refractivity contribution in [3.05, 3.63) is 0 Å². The summed E-state index contributed by atoms with van der Waals surface area (Å²) < 4.78 is 5.46. The molecule has 26 heavy (non-hydrogen) atoms. The van der Waals surface area contributed by atoms with E-state index in [1.54, 1.807) is 0 Å². The zero-order valence-electron chi connectivity index (χ0n) is 16.0. The molecule has 1 atom stereocenters. The number of hydrogen-bond donors (Lipinski definition) is 1. The third kappa shape index (κ3) is 5.96. The smallest absolute Gasteiger partial charge is 0.230 e. The summed E-state index contributed by atoms with van der Waals surface area (Å²) in [7, 11) is 0. The van der Waals surface area contributed by atoms with E-state index in [0.717, 1.165) is 32.4 Å². The maximum atomic E-state index is 13.2. The summed E-state index contributed by atoms with van der Waals surface area (Å²) in [4.78, 5) is 17.9. The van der Waals surface area contributed by atoms with E-state index in [9.17, 15) is 4.79 Å². The number of likely N-dealkylation sites (tertiary alicyclic amines) is 2. The highest BCUT2D eigenvalue weighted by atomic mass is 35.5. The summed E-state index contributed by atoms with van der Waals surface area (Å²) in [5.41, 5.74) is 5.68. The Morgan fingerprint density at radius 1 is 1.00 bits per heavy atom. The average molecular weight is 410 g/mol. The van der Waals surface area contributed by atoms with Crippen molar-refractivity contribution in [1.82, 2.24) is 9.80 Å². The number of amides is 1. The molecule has 3 rings (SSSR count). The molecule has 0 spiro atoms. The third-order valence-corrected chi connectivity index (χ3v) is 6.32. The minimum atomic E-state index is -0.358. The molecule has 0 radical (unpaired) electrons. The van der Waals surface area contributed by atoms with Crippen LogP contribution in [-0.4, -0.2) is 68.2 Å². The van der Waals surface area contributed by atoms with Crippen LogP contribution in [0.5, 0.6) is 0 Å². The fourth-order valence-electron chi connectivity index (χ4n) is 4.69. The lowest BCUT2D eigenvalue weighted by Gasteiger charge is -2.42. The lowest BCUT2D eigenvalue weighted by molar-refractivity contribution is -0.149. The summed E-state index contributed by atoms with van der Waals surface area (Å²) in [6.45, 7) is 7.31. The van der Waals surface area contributed by atoms with E-state index in [0.29, 0.717) is 31.6 Å². The van der Waals surface area contributed by atoms with Gasteiger partial charge in [-0.3, -0.25) is 4.79 Å². The molecule has 7 heteroatoms. The van der Waals surface area contributed by atoms with Gasteiger partial charge in [-0.05, 0) is 57.5 Å². The van der Waals surface area contributed by atoms with Gasteiger partial charge in [-0.2, -0.15) is 0 Å². The van der Waals surface area contributed by atoms with E-state index in [-0.39, 0.29) is 30.2 Å². The third-order valence-electron chi connectivity index (χ3n) is 6.32. The highest BCUT2D eigenvalue weighted by Crippen LogP contribution is 2.33. The number of rotatable bonds is 4. The van der Waals surface area contributed by atoms with Gasteiger partial charge in [-0.1, -0.05) is 12.8 Å². The van der Waals surface area contributed by atoms with Crippen molar-refractivity contribution in [2.75, 3.05) is 52.5 Å². The van der Waals surface area contributed by atoms with E-state index < -0.39 is 0 Å². The Balaban J connectivity index is 0.00000169. The second-order valence-electron chi connectivity index (χ2n) is 8.07. The van der Waals surface area contributed by atoms with Gasteiger partial charge < -0.3 is 20.3 Å². The predicted octanol–water partition coefficient (Wildman–Crippen LogP) is 2.70. The van der Waals surface area contributed by atoms with E-state index >= 15 is 0 Å². The number of nitrogens with two attached hydrogens (primary N) is 1. The van der Waals surface area contributed by atoms with E-state index in [1.807, 2.05) is 0 Å². The number of carbonyl (C=O) groups excluding carboxylic acids is 1. The van der Waals surface area contributed by atoms with Crippen LogP contribution in [0.1, 0.15) is 51.4 Å². The standard InChI is InChI=1S/C19H35N3O2.2ClH/c20-16-19(7-12-24-13-8-19)18(23)22-11-5-6-17(15-22)14-21-9-3-1-2-4-10-21;;/h17H,1-16,20H2;2*1H. The molecule has 3 aliphatic rings. The van der Waals surface area contributed by atoms with Crippen LogP contribution in [0.15, 0.2) is 0 Å². The summed E-state index contributed by atoms with van der Waals surface area (Å²) in [5, 5.41) is 0. The number of nitrogens with zero attached hydrogens (tertiary/aromatic N) is 2. The maximum absolute atomic E-state index is 13.2. The first-order chi connectivity index (χ1) is 11.7. The van der Waals surface area contributed by atoms with Gasteiger partial charge in [0.1, 0.15) is 0 Å². The molecule has 3 fully saturated rings. The first kappa shape index (κ1) is 24.0. The Morgan fingerprint density at radius 2 is 1.65 bits per heavy atom. The van der Waals surface area contributed by atoms with Gasteiger partial charge >= 0.3 is 0 Å². The Labute approximate surface area is 171 Å². The zero-order valence-corrected chi connectivity index (χ0v) is 17.6. The van der Waals surface area contributed by atoms with Crippen molar-refractivity contribution in [1.29, 1.82) is 0 Å². The summed E-state index contributed by atoms with van der Waals surface area (Å²) in [6, 6.07) is 0. The van der Waals surface area contributed by atoms with Crippen LogP contribution in [0.2, 0.25) is 0 Å². The molecule has 1 unspecified atom stereocenters. The van der Waals surface area contributed by atoms with Gasteiger partial charge in [0.15, 0.2) is 0 Å². The van der Waals surface area contributed by atoms with Crippen LogP contribution < -0.4 is 5.73 Å². The zero-order chi connectivity index (χ0) is 16.8. The molecule has 0 aromatic carbocycles. The highest BCUT2D eigenvalue weighted by Gasteiger charge is 2.42. The van der Waals surface area contributed by atoms with Gasteiger partial charge in [-0.15, -0.1) is 24.8 Å². The highest BCUT2D eigenvalue weighted by molar-refractivity contribution is 5.85. The first-order valence-electron chi connectivity index (χ1n) is 10.0. The fourth-order valence-corrected chi connectivity index (χ4v) is 4.69. The Hall–Kier alpha value is -0.0700. The maximum Gasteiger partial charge on any atom is 0.230 e. The molecule has 3 saturated heterocycles. The van der Waals surface area contributed by atoms with Gasteiger partial charge in [0.05, 0.1) is 5.41 Å². The summed E-state index contributed by atoms with van der Waals surface area (Å²) in [6.07, 6.45) is 9.42. The van der Waals surface area contributed by atoms with Gasteiger partial charge in [0.2, 0.25) is 5.91 Å². The van der Waals surface area contributed by atoms with Gasteiger partial charge in [0.25, 0.3) is 0 Å². The van der Waals surface area contributed by atoms with Crippen molar-refractivity contribution in [3.63, 3.8) is 0 Å². The second-order valence-corrected chi connectivity index (χ2v) is 8.07. The van der Waals surface area contributed by atoms with Crippen LogP contribution in [0.4, 0.5) is 0 Å². The van der Waals surface area contributed by atoms with Crippen molar-refractivity contribution < 1.29 is 9.53 Å². The fraction of sp³-hybridized carbons (Fsp3) is 0.947. The number of halogens is 2. The molecule has 1 amide bonds. The van der Waals surface area contributed by atoms with Crippen LogP contribution in [-0.2, 0) is 9.53 Å². The molecule has 0 aromatic heterocycles. The molecule has 3 aliphatic heterocycles. The van der Waals surface area contributed by atoms with Crippen molar-refractivity contribution in [3.8, 4) is 0 Å². The largest absolute Gasteiger partial charge is 0.381 e. The minimum absolute atomic E-state index is 0. The molecule has 0 aromatic rings. The molecule has 154 valence electrons. The predicted molar refractivity (Wildman–Crippen MR) is 110 cm³/mol. The van der Waals surface area contributed by atoms with Crippen LogP contribution in [0.3, 0.4) is 0 Å². The SMILES string of the molecule is Cl.Cl.NCC1(C(=O)N2CCCC(CN3CCCCCC3)C2)CCOCC1. The molecular weight excluding hydrogens is 373 g/mol. The Morgan fingerprint density at radius 3 is 2.27 bits per heavy atom. The van der Waals surface area contributed by atoms with Gasteiger partial charge in [0, 0.05) is 39.4 Å². The lowest BCUT2D eigenvalue weighted by atomic mass is 9.78.